The van der Waals surface area contributed by atoms with E-state index in [1.54, 1.807) is 26.0 Å². The van der Waals surface area contributed by atoms with Crippen molar-refractivity contribution >= 4 is 52.5 Å². The second-order valence-electron chi connectivity index (χ2n) is 27.8. The van der Waals surface area contributed by atoms with Gasteiger partial charge in [-0.05, 0) is 164 Å². The highest BCUT2D eigenvalue weighted by Crippen LogP contribution is 2.50. The zero-order valence-corrected chi connectivity index (χ0v) is 58.2. The van der Waals surface area contributed by atoms with Crippen LogP contribution in [0.15, 0.2) is 109 Å². The Bertz CT molecular complexity index is 3990. The van der Waals surface area contributed by atoms with Crippen LogP contribution < -0.4 is 29.4 Å². The smallest absolute Gasteiger partial charge is 0.416 e. The first kappa shape index (κ1) is 81.1. The van der Waals surface area contributed by atoms with Crippen LogP contribution in [0.5, 0.6) is 0 Å². The Hall–Kier alpha value is -8.95. The summed E-state index contributed by atoms with van der Waals surface area (Å²) in [5.74, 6) is -1.15. The number of aromatic nitrogens is 2. The number of carboxylic acid groups (broad SMARTS) is 1. The molecule has 10 rings (SSSR count). The summed E-state index contributed by atoms with van der Waals surface area (Å²) in [7, 11) is 0. The van der Waals surface area contributed by atoms with Crippen LogP contribution in [0, 0.1) is 10.8 Å². The van der Waals surface area contributed by atoms with Crippen LogP contribution in [0.25, 0.3) is 0 Å². The summed E-state index contributed by atoms with van der Waals surface area (Å²) in [6, 6.07) is 10.2. The number of rotatable bonds is 16. The lowest BCUT2D eigenvalue weighted by molar-refractivity contribution is -0.149. The van der Waals surface area contributed by atoms with E-state index in [0.29, 0.717) is 94.7 Å². The maximum atomic E-state index is 14.2. The van der Waals surface area contributed by atoms with Crippen molar-refractivity contribution in [2.75, 3.05) is 95.2 Å². The molecule has 16 nitrogen and oxygen atoms in total. The Morgan fingerprint density at radius 1 is 0.462 bits per heavy atom. The number of amides is 2. The first-order chi connectivity index (χ1) is 49.2. The monoisotopic (exact) mass is 1520 g/mol. The molecule has 2 amide bonds. The Kier molecular flexibility index (Phi) is 24.1. The van der Waals surface area contributed by atoms with Gasteiger partial charge in [0.25, 0.3) is 0 Å². The van der Waals surface area contributed by atoms with Gasteiger partial charge in [0, 0.05) is 51.4 Å². The molecule has 1 N–H and O–H groups in total. The highest BCUT2D eigenvalue weighted by molar-refractivity contribution is 5.92. The summed E-state index contributed by atoms with van der Waals surface area (Å²) in [4.78, 5) is 56.9. The third kappa shape index (κ3) is 19.6. The van der Waals surface area contributed by atoms with Crippen LogP contribution in [-0.4, -0.2) is 111 Å². The molecule has 2 aromatic heterocycles. The Balaban J connectivity index is 0.000000245. The molecule has 0 spiro atoms. The van der Waals surface area contributed by atoms with Crippen LogP contribution in [0.4, 0.5) is 123 Å². The van der Waals surface area contributed by atoms with E-state index in [9.17, 15) is 98.5 Å². The predicted molar refractivity (Wildman–Crippen MR) is 354 cm³/mol. The van der Waals surface area contributed by atoms with Gasteiger partial charge in [-0.1, -0.05) is 34.6 Å². The molecular weight excluding hydrogens is 1450 g/mol. The average molecular weight is 1520 g/mol. The van der Waals surface area contributed by atoms with E-state index in [0.717, 1.165) is 41.3 Å². The molecule has 0 unspecified atom stereocenters. The van der Waals surface area contributed by atoms with Gasteiger partial charge in [0.15, 0.2) is 0 Å². The third-order valence-electron chi connectivity index (χ3n) is 18.3. The van der Waals surface area contributed by atoms with Gasteiger partial charge in [0.2, 0.25) is 0 Å². The van der Waals surface area contributed by atoms with Gasteiger partial charge < -0.3 is 43.7 Å². The molecule has 6 aromatic rings. The molecule has 4 atom stereocenters. The van der Waals surface area contributed by atoms with Crippen LogP contribution >= 0.6 is 0 Å². The fourth-order valence-corrected chi connectivity index (χ4v) is 12.7. The van der Waals surface area contributed by atoms with Crippen LogP contribution in [0.1, 0.15) is 142 Å². The van der Waals surface area contributed by atoms with Crippen molar-refractivity contribution in [3.8, 4) is 0 Å². The Morgan fingerprint density at radius 2 is 0.792 bits per heavy atom. The molecule has 34 heteroatoms. The lowest BCUT2D eigenvalue weighted by Crippen LogP contribution is -2.48. The number of alkyl halides is 18. The summed E-state index contributed by atoms with van der Waals surface area (Å²) in [6.07, 6.45) is -28.9. The number of pyridine rings is 2. The van der Waals surface area contributed by atoms with E-state index < -0.39 is 154 Å². The number of nitrogens with zero attached hydrogens (tertiary/aromatic N) is 8. The normalized spacial score (nSPS) is 18.5. The standard InChI is InChI=1S/C36H37F9N4O5.C36H39F9N4O3/c1-4-25-17-29(27-16-22(34(37,38)39)5-7-28(27)49(25)32(52)54-20-33(2,3)31(50)51)48(30-8-6-26(18-46-30)47-9-11-53-12-10-47)19-21-13-23(35(40,41)42)15-24(14-21)36(43,44)45;1-5-26-18-30(28-17-23(34(37,38)39)6-8-29(28)49(26)32(50)52-21-33(2,3)4)48(31-9-7-27(19-46-31)47-10-12-51-13-11-47)20-22-14-24(35(40,41)42)16-25(15-22)36(43,44)45/h5-8,13-16,18,25,29H,4,9-12,17,19-20H2,1-3H3,(H,50,51);6-9,14-17,19,26,30H,5,10-13,18,20-21H2,1-4H3/t25-,29+;26-,30+/m11/s1. The molecule has 4 aromatic carbocycles. The van der Waals surface area contributed by atoms with Crippen LogP contribution in [0.2, 0.25) is 0 Å². The lowest BCUT2D eigenvalue weighted by Gasteiger charge is -2.45. The van der Waals surface area contributed by atoms with E-state index in [4.69, 9.17) is 18.9 Å². The van der Waals surface area contributed by atoms with Crippen LogP contribution in [0.3, 0.4) is 0 Å². The second kappa shape index (κ2) is 31.5. The topological polar surface area (TPSA) is 154 Å². The van der Waals surface area contributed by atoms with Gasteiger partial charge in [-0.15, -0.1) is 0 Å². The summed E-state index contributed by atoms with van der Waals surface area (Å²) >= 11 is 0. The molecule has 0 saturated carbocycles. The molecule has 106 heavy (non-hydrogen) atoms. The molecule has 0 aliphatic carbocycles. The highest BCUT2D eigenvalue weighted by Gasteiger charge is 2.47. The first-order valence-corrected chi connectivity index (χ1v) is 33.5. The van der Waals surface area contributed by atoms with Gasteiger partial charge in [0.1, 0.15) is 18.2 Å². The molecule has 2 saturated heterocycles. The molecule has 4 aliphatic heterocycles. The zero-order valence-electron chi connectivity index (χ0n) is 58.2. The maximum Gasteiger partial charge on any atom is 0.416 e. The van der Waals surface area contributed by atoms with Crippen molar-refractivity contribution in [1.29, 1.82) is 0 Å². The molecule has 578 valence electrons. The van der Waals surface area contributed by atoms with Crippen molar-refractivity contribution in [1.82, 2.24) is 9.97 Å². The Morgan fingerprint density at radius 3 is 1.08 bits per heavy atom. The molecular formula is C72H76F18N8O8. The molecule has 4 aliphatic rings. The summed E-state index contributed by atoms with van der Waals surface area (Å²) in [5, 5.41) is 9.51. The minimum Gasteiger partial charge on any atom is -0.481 e. The minimum absolute atomic E-state index is 0.000779. The number of carbonyl (C=O) groups excluding carboxylic acids is 2. The maximum absolute atomic E-state index is 14.2. The molecule has 2 fully saturated rings. The summed E-state index contributed by atoms with van der Waals surface area (Å²) in [5.41, 5.74) is -10.0. The second-order valence-corrected chi connectivity index (χ2v) is 27.8. The van der Waals surface area contributed by atoms with E-state index in [2.05, 4.69) is 9.97 Å². The number of benzene rings is 4. The van der Waals surface area contributed by atoms with Crippen molar-refractivity contribution in [3.05, 3.63) is 165 Å². The number of anilines is 6. The third-order valence-corrected chi connectivity index (χ3v) is 18.3. The average Bonchev–Trinajstić information content (AvgIpc) is 0.764. The van der Waals surface area contributed by atoms with E-state index in [1.807, 2.05) is 30.6 Å². The van der Waals surface area contributed by atoms with Crippen molar-refractivity contribution in [2.45, 2.75) is 148 Å². The van der Waals surface area contributed by atoms with E-state index in [-0.39, 0.29) is 72.1 Å². The SMILES string of the molecule is CC[C@@H]1C[C@H](N(Cc2cc(C(F)(F)F)cc(C(F)(F)F)c2)c2ccc(N3CCOCC3)cn2)c2cc(C(F)(F)F)ccc2N1C(=O)OCC(C)(C)C.CC[C@@H]1C[C@H](N(Cc2cc(C(F)(F)F)cc(C(F)(F)F)c2)c2ccc(N3CCOCC3)cn2)c2cc(C(F)(F)F)ccc2N1C(=O)OCC(C)(C)C(=O)O. The fraction of sp³-hybridized carbons (Fsp3) is 0.486. The summed E-state index contributed by atoms with van der Waals surface area (Å²) in [6.45, 7) is 13.6. The molecule has 0 radical (unpaired) electrons. The number of fused-ring (bicyclic) bond motifs is 2. The molecule has 6 heterocycles. The number of aliphatic carboxylic acids is 1. The zero-order chi connectivity index (χ0) is 78.0. The predicted octanol–water partition coefficient (Wildman–Crippen LogP) is 18.9. The number of carbonyl (C=O) groups is 3. The number of hydrogen-bond donors (Lipinski definition) is 1. The van der Waals surface area contributed by atoms with Crippen LogP contribution in [-0.2, 0) is 73.9 Å². The first-order valence-electron chi connectivity index (χ1n) is 33.5. The van der Waals surface area contributed by atoms with Gasteiger partial charge in [-0.2, -0.15) is 79.0 Å². The largest absolute Gasteiger partial charge is 0.481 e. The highest BCUT2D eigenvalue weighted by atomic mass is 19.4. The van der Waals surface area contributed by atoms with Crippen molar-refractivity contribution < 1.29 is 117 Å². The van der Waals surface area contributed by atoms with Gasteiger partial charge in [-0.25, -0.2) is 19.6 Å². The van der Waals surface area contributed by atoms with Gasteiger partial charge >= 0.3 is 55.2 Å². The quantitative estimate of drug-likeness (QED) is 0.0914. The van der Waals surface area contributed by atoms with Gasteiger partial charge in [0.05, 0.1) is 119 Å². The van der Waals surface area contributed by atoms with E-state index >= 15 is 0 Å². The number of halogens is 18. The van der Waals surface area contributed by atoms with Crippen molar-refractivity contribution in [3.63, 3.8) is 0 Å². The number of morpholine rings is 2. The fourth-order valence-electron chi connectivity index (χ4n) is 12.7. The number of hydrogen-bond acceptors (Lipinski definition) is 13. The Labute approximate surface area is 597 Å². The number of ether oxygens (including phenoxy) is 4. The lowest BCUT2D eigenvalue weighted by atomic mass is 9.87. The number of carboxylic acids is 1. The van der Waals surface area contributed by atoms with E-state index in [1.165, 1.54) is 53.1 Å². The molecule has 0 bridgehead atoms. The summed E-state index contributed by atoms with van der Waals surface area (Å²) < 4.78 is 274. The minimum atomic E-state index is -5.17. The van der Waals surface area contributed by atoms with Gasteiger partial charge in [-0.3, -0.25) is 14.6 Å². The van der Waals surface area contributed by atoms with Crippen molar-refractivity contribution in [2.24, 2.45) is 10.8 Å².